The van der Waals surface area contributed by atoms with Gasteiger partial charge in [0.05, 0.1) is 6.10 Å². The molecule has 6 nitrogen and oxygen atoms in total. The quantitative estimate of drug-likeness (QED) is 0.554. The van der Waals surface area contributed by atoms with Gasteiger partial charge in [0.25, 0.3) is 0 Å². The normalized spacial score (nSPS) is 49.8. The van der Waals surface area contributed by atoms with Gasteiger partial charge in [0.15, 0.2) is 11.4 Å². The van der Waals surface area contributed by atoms with Crippen molar-refractivity contribution in [3.63, 3.8) is 0 Å². The Morgan fingerprint density at radius 2 is 1.64 bits per heavy atom. The standard InChI is InChI=1S/C30H42O6/c1-15(2)20-12-22(33)30(8,36-20)24-19(32)13-27(5)21-10-9-16-17(11-18(31)25(35)26(16,3)4)29(21,7)23(34)14-28(24,27)6/h9,12,15,17-19,21,24,31-32H,10-11,13-14H2,1-8H3/t17-,18+,19-,21+,24+,27+,28-,29+,30-/m1/s1. The zero-order valence-electron chi connectivity index (χ0n) is 23.0. The molecule has 6 heteroatoms. The predicted octanol–water partition coefficient (Wildman–Crippen LogP) is 4.18. The highest BCUT2D eigenvalue weighted by molar-refractivity contribution is 6.00. The molecule has 3 saturated carbocycles. The largest absolute Gasteiger partial charge is 0.483 e. The molecule has 0 aromatic heterocycles. The van der Waals surface area contributed by atoms with E-state index in [1.54, 1.807) is 13.0 Å². The van der Waals surface area contributed by atoms with Gasteiger partial charge in [-0.05, 0) is 62.7 Å². The molecule has 2 N–H and O–H groups in total. The van der Waals surface area contributed by atoms with Crippen molar-refractivity contribution < 1.29 is 29.3 Å². The molecule has 4 aliphatic carbocycles. The van der Waals surface area contributed by atoms with Crippen molar-refractivity contribution in [2.75, 3.05) is 0 Å². The molecule has 0 aromatic rings. The minimum atomic E-state index is -1.22. The minimum Gasteiger partial charge on any atom is -0.483 e. The summed E-state index contributed by atoms with van der Waals surface area (Å²) in [6.45, 7) is 15.7. The maximum atomic E-state index is 14.3. The smallest absolute Gasteiger partial charge is 0.202 e. The molecule has 0 radical (unpaired) electrons. The molecular weight excluding hydrogens is 456 g/mol. The second-order valence-corrected chi connectivity index (χ2v) is 14.0. The van der Waals surface area contributed by atoms with Gasteiger partial charge in [-0.1, -0.05) is 46.3 Å². The van der Waals surface area contributed by atoms with Crippen LogP contribution in [0.25, 0.3) is 0 Å². The number of ketones is 3. The first kappa shape index (κ1) is 25.8. The highest BCUT2D eigenvalue weighted by atomic mass is 16.5. The van der Waals surface area contributed by atoms with Crippen molar-refractivity contribution in [1.82, 2.24) is 0 Å². The lowest BCUT2D eigenvalue weighted by atomic mass is 9.38. The molecule has 0 bridgehead atoms. The number of Topliss-reactive ketones (excluding diaryl/α,β-unsaturated/α-hetero) is 2. The van der Waals surface area contributed by atoms with Gasteiger partial charge in [0, 0.05) is 35.2 Å². The molecule has 198 valence electrons. The van der Waals surface area contributed by atoms with Crippen LogP contribution >= 0.6 is 0 Å². The van der Waals surface area contributed by atoms with Crippen LogP contribution in [-0.4, -0.2) is 45.4 Å². The van der Waals surface area contributed by atoms with Crippen molar-refractivity contribution in [2.24, 2.45) is 45.3 Å². The van der Waals surface area contributed by atoms with Gasteiger partial charge in [-0.2, -0.15) is 0 Å². The van der Waals surface area contributed by atoms with Gasteiger partial charge >= 0.3 is 0 Å². The van der Waals surface area contributed by atoms with Crippen LogP contribution in [0.15, 0.2) is 23.5 Å². The third kappa shape index (κ3) is 2.83. The average Bonchev–Trinajstić information content (AvgIpc) is 3.17. The summed E-state index contributed by atoms with van der Waals surface area (Å²) in [5.74, 6) is -0.363. The third-order valence-corrected chi connectivity index (χ3v) is 11.7. The molecule has 0 aromatic carbocycles. The Hall–Kier alpha value is -1.79. The van der Waals surface area contributed by atoms with Crippen LogP contribution in [0.3, 0.4) is 0 Å². The van der Waals surface area contributed by atoms with E-state index in [1.165, 1.54) is 0 Å². The summed E-state index contributed by atoms with van der Waals surface area (Å²) >= 11 is 0. The number of allylic oxidation sites excluding steroid dienone is 3. The first-order valence-electron chi connectivity index (χ1n) is 13.6. The van der Waals surface area contributed by atoms with E-state index in [0.717, 1.165) is 5.57 Å². The molecule has 0 unspecified atom stereocenters. The van der Waals surface area contributed by atoms with Crippen LogP contribution in [0, 0.1) is 45.3 Å². The fourth-order valence-electron chi connectivity index (χ4n) is 9.47. The van der Waals surface area contributed by atoms with Crippen LogP contribution in [0.5, 0.6) is 0 Å². The fourth-order valence-corrected chi connectivity index (χ4v) is 9.47. The predicted molar refractivity (Wildman–Crippen MR) is 135 cm³/mol. The fraction of sp³-hybridized carbons (Fsp3) is 0.767. The summed E-state index contributed by atoms with van der Waals surface area (Å²) in [5.41, 5.74) is -2.90. The van der Waals surface area contributed by atoms with Crippen LogP contribution in [0.1, 0.15) is 81.1 Å². The molecule has 0 saturated heterocycles. The number of fused-ring (bicyclic) bond motifs is 5. The number of hydrogen-bond acceptors (Lipinski definition) is 6. The summed E-state index contributed by atoms with van der Waals surface area (Å²) in [7, 11) is 0. The molecule has 1 aliphatic heterocycles. The Balaban J connectivity index is 1.61. The van der Waals surface area contributed by atoms with Gasteiger partial charge in [-0.25, -0.2) is 0 Å². The second kappa shape index (κ2) is 7.41. The molecule has 5 aliphatic rings. The number of carbonyl (C=O) groups is 3. The Morgan fingerprint density at radius 3 is 2.22 bits per heavy atom. The number of carbonyl (C=O) groups excluding carboxylic acids is 3. The topological polar surface area (TPSA) is 101 Å². The Labute approximate surface area is 214 Å². The van der Waals surface area contributed by atoms with Crippen molar-refractivity contribution in [1.29, 1.82) is 0 Å². The van der Waals surface area contributed by atoms with Gasteiger partial charge in [-0.3, -0.25) is 14.4 Å². The molecule has 3 fully saturated rings. The molecular formula is C30H42O6. The third-order valence-electron chi connectivity index (χ3n) is 11.7. The molecule has 0 spiro atoms. The van der Waals surface area contributed by atoms with E-state index >= 15 is 0 Å². The van der Waals surface area contributed by atoms with E-state index in [0.29, 0.717) is 18.6 Å². The van der Waals surface area contributed by atoms with E-state index in [-0.39, 0.29) is 47.9 Å². The summed E-state index contributed by atoms with van der Waals surface area (Å²) in [5, 5.41) is 22.3. The molecule has 0 amide bonds. The molecule has 1 heterocycles. The average molecular weight is 499 g/mol. The zero-order valence-corrected chi connectivity index (χ0v) is 23.0. The van der Waals surface area contributed by atoms with Crippen LogP contribution in [0.4, 0.5) is 0 Å². The Morgan fingerprint density at radius 1 is 1.00 bits per heavy atom. The summed E-state index contributed by atoms with van der Waals surface area (Å²) in [6.07, 6.45) is 3.44. The van der Waals surface area contributed by atoms with E-state index in [4.69, 9.17) is 4.74 Å². The highest BCUT2D eigenvalue weighted by Gasteiger charge is 2.75. The summed E-state index contributed by atoms with van der Waals surface area (Å²) in [4.78, 5) is 40.5. The molecule has 5 rings (SSSR count). The minimum absolute atomic E-state index is 0.0514. The van der Waals surface area contributed by atoms with Gasteiger partial charge in [0.2, 0.25) is 5.78 Å². The maximum absolute atomic E-state index is 14.3. The lowest BCUT2D eigenvalue weighted by molar-refractivity contribution is -0.184. The van der Waals surface area contributed by atoms with E-state index in [9.17, 15) is 24.6 Å². The van der Waals surface area contributed by atoms with Crippen LogP contribution < -0.4 is 0 Å². The second-order valence-electron chi connectivity index (χ2n) is 14.0. The van der Waals surface area contributed by atoms with E-state index in [2.05, 4.69) is 19.9 Å². The van der Waals surface area contributed by atoms with Crippen LogP contribution in [0.2, 0.25) is 0 Å². The Kier molecular flexibility index (Phi) is 5.32. The lowest BCUT2D eigenvalue weighted by Crippen LogP contribution is -2.65. The number of aliphatic hydroxyl groups is 2. The van der Waals surface area contributed by atoms with Crippen molar-refractivity contribution >= 4 is 17.3 Å². The molecule has 9 atom stereocenters. The molecule has 36 heavy (non-hydrogen) atoms. The number of ether oxygens (including phenoxy) is 1. The van der Waals surface area contributed by atoms with Crippen molar-refractivity contribution in [3.05, 3.63) is 23.5 Å². The summed E-state index contributed by atoms with van der Waals surface area (Å²) < 4.78 is 6.33. The first-order valence-corrected chi connectivity index (χ1v) is 13.6. The van der Waals surface area contributed by atoms with Gasteiger partial charge in [0.1, 0.15) is 17.6 Å². The number of hydrogen-bond donors (Lipinski definition) is 2. The first-order chi connectivity index (χ1) is 16.5. The maximum Gasteiger partial charge on any atom is 0.202 e. The zero-order chi connectivity index (χ0) is 26.8. The lowest BCUT2D eigenvalue weighted by Gasteiger charge is -2.64. The van der Waals surface area contributed by atoms with E-state index in [1.807, 2.05) is 34.6 Å². The summed E-state index contributed by atoms with van der Waals surface area (Å²) in [6, 6.07) is 0. The number of aliphatic hydroxyl groups excluding tert-OH is 2. The van der Waals surface area contributed by atoms with Crippen LogP contribution in [-0.2, 0) is 19.1 Å². The van der Waals surface area contributed by atoms with Gasteiger partial charge < -0.3 is 14.9 Å². The van der Waals surface area contributed by atoms with E-state index < -0.39 is 45.4 Å². The van der Waals surface area contributed by atoms with Crippen molar-refractivity contribution in [2.45, 2.75) is 98.9 Å². The van der Waals surface area contributed by atoms with Crippen molar-refractivity contribution in [3.8, 4) is 0 Å². The highest BCUT2D eigenvalue weighted by Crippen LogP contribution is 2.74. The SMILES string of the molecule is CC(C)C1=CC(=O)[C@](C)([C@H]2[C@H](O)C[C@@]3(C)[C@@H]4CC=C5[C@@H](C[C@H](O)C(=O)C5(C)C)[C@]4(C)C(=O)C[C@]23C)O1. The Bertz CT molecular complexity index is 1110. The monoisotopic (exact) mass is 498 g/mol. The van der Waals surface area contributed by atoms with Gasteiger partial charge in [-0.15, -0.1) is 0 Å². The number of rotatable bonds is 2.